The topological polar surface area (TPSA) is 82.4 Å². The van der Waals surface area contributed by atoms with Crippen LogP contribution in [0, 0.1) is 17.2 Å². The third-order valence-electron chi connectivity index (χ3n) is 2.88. The van der Waals surface area contributed by atoms with Crippen LogP contribution < -0.4 is 5.32 Å². The fraction of sp³-hybridized carbons (Fsp3) is 0.750. The zero-order valence-electron chi connectivity index (χ0n) is 10.6. The highest BCUT2D eigenvalue weighted by molar-refractivity contribution is 5.82. The van der Waals surface area contributed by atoms with Crippen molar-refractivity contribution in [3.8, 4) is 6.07 Å². The number of carbonyl (C=O) groups excluding carboxylic acids is 2. The average Bonchev–Trinajstić information content (AvgIpc) is 2.41. The van der Waals surface area contributed by atoms with Crippen molar-refractivity contribution in [1.29, 1.82) is 5.26 Å². The van der Waals surface area contributed by atoms with Crippen molar-refractivity contribution >= 4 is 11.8 Å². The summed E-state index contributed by atoms with van der Waals surface area (Å²) in [5, 5.41) is 11.3. The summed E-state index contributed by atoms with van der Waals surface area (Å²) in [5.41, 5.74) is 0. The second-order valence-electron chi connectivity index (χ2n) is 4.12. The van der Waals surface area contributed by atoms with Crippen molar-refractivity contribution in [2.75, 3.05) is 32.8 Å². The zero-order valence-corrected chi connectivity index (χ0v) is 10.6. The van der Waals surface area contributed by atoms with E-state index >= 15 is 0 Å². The first-order valence-electron chi connectivity index (χ1n) is 6.22. The molecule has 1 aliphatic rings. The van der Waals surface area contributed by atoms with Gasteiger partial charge >= 0.3 is 0 Å². The Morgan fingerprint density at radius 2 is 2.11 bits per heavy atom. The summed E-state index contributed by atoms with van der Waals surface area (Å²) in [4.78, 5) is 25.0. The Morgan fingerprint density at radius 3 is 2.67 bits per heavy atom. The van der Waals surface area contributed by atoms with Gasteiger partial charge in [-0.2, -0.15) is 5.26 Å². The van der Waals surface area contributed by atoms with E-state index in [1.54, 1.807) is 11.8 Å². The highest BCUT2D eigenvalue weighted by Gasteiger charge is 2.18. The molecule has 18 heavy (non-hydrogen) atoms. The van der Waals surface area contributed by atoms with Crippen LogP contribution in [-0.2, 0) is 14.3 Å². The van der Waals surface area contributed by atoms with Gasteiger partial charge in [-0.3, -0.25) is 9.59 Å². The van der Waals surface area contributed by atoms with E-state index in [1.165, 1.54) is 0 Å². The molecule has 1 fully saturated rings. The average molecular weight is 253 g/mol. The van der Waals surface area contributed by atoms with Crippen LogP contribution in [0.15, 0.2) is 0 Å². The van der Waals surface area contributed by atoms with Crippen LogP contribution in [0.4, 0.5) is 0 Å². The van der Waals surface area contributed by atoms with Gasteiger partial charge in [0.2, 0.25) is 11.8 Å². The second-order valence-corrected chi connectivity index (χ2v) is 4.12. The smallest absolute Gasteiger partial charge is 0.237 e. The lowest BCUT2D eigenvalue weighted by Crippen LogP contribution is -2.42. The van der Waals surface area contributed by atoms with Crippen molar-refractivity contribution in [3.63, 3.8) is 0 Å². The first kappa shape index (κ1) is 14.5. The molecule has 1 atom stereocenters. The molecule has 6 nitrogen and oxygen atoms in total. The number of hydrogen-bond acceptors (Lipinski definition) is 4. The molecule has 1 N–H and O–H groups in total. The second kappa shape index (κ2) is 7.67. The Kier molecular flexibility index (Phi) is 6.15. The van der Waals surface area contributed by atoms with E-state index in [0.29, 0.717) is 32.7 Å². The quantitative estimate of drug-likeness (QED) is 0.741. The summed E-state index contributed by atoms with van der Waals surface area (Å²) in [6.45, 7) is 4.44. The van der Waals surface area contributed by atoms with Gasteiger partial charge in [-0.15, -0.1) is 0 Å². The maximum atomic E-state index is 11.7. The normalized spacial score (nSPS) is 16.8. The fourth-order valence-electron chi connectivity index (χ4n) is 1.72. The van der Waals surface area contributed by atoms with Gasteiger partial charge in [0.05, 0.1) is 19.3 Å². The lowest BCUT2D eigenvalue weighted by atomic mass is 10.1. The van der Waals surface area contributed by atoms with Gasteiger partial charge in [-0.05, 0) is 6.42 Å². The Balaban J connectivity index is 2.22. The summed E-state index contributed by atoms with van der Waals surface area (Å²) in [7, 11) is 0. The molecule has 2 amide bonds. The molecular formula is C12H19N3O3. The number of rotatable bonds is 5. The van der Waals surface area contributed by atoms with Crippen LogP contribution >= 0.6 is 0 Å². The van der Waals surface area contributed by atoms with Gasteiger partial charge < -0.3 is 15.0 Å². The molecule has 0 saturated carbocycles. The molecule has 1 saturated heterocycles. The summed E-state index contributed by atoms with van der Waals surface area (Å²) in [6.07, 6.45) is 0.757. The van der Waals surface area contributed by atoms with Crippen LogP contribution in [0.2, 0.25) is 0 Å². The number of hydrogen-bond donors (Lipinski definition) is 1. The monoisotopic (exact) mass is 253 g/mol. The molecule has 0 radical (unpaired) electrons. The Hall–Kier alpha value is -1.61. The van der Waals surface area contributed by atoms with E-state index in [0.717, 1.165) is 0 Å². The molecule has 0 aromatic heterocycles. The molecule has 1 heterocycles. The predicted molar refractivity (Wildman–Crippen MR) is 64.4 cm³/mol. The van der Waals surface area contributed by atoms with E-state index in [9.17, 15) is 9.59 Å². The first-order valence-corrected chi connectivity index (χ1v) is 6.22. The fourth-order valence-corrected chi connectivity index (χ4v) is 1.72. The molecule has 1 unspecified atom stereocenters. The van der Waals surface area contributed by atoms with Crippen molar-refractivity contribution in [2.24, 2.45) is 5.92 Å². The molecule has 0 bridgehead atoms. The molecule has 0 aliphatic carbocycles. The standard InChI is InChI=1S/C12H19N3O3/c1-2-10(9-13)12(17)14-4-3-11(16)15-5-7-18-8-6-15/h10H,2-8H2,1H3,(H,14,17). The maximum Gasteiger partial charge on any atom is 0.237 e. The number of morpholine rings is 1. The number of nitrogens with zero attached hydrogens (tertiary/aromatic N) is 2. The van der Waals surface area contributed by atoms with Crippen molar-refractivity contribution in [3.05, 3.63) is 0 Å². The molecule has 6 heteroatoms. The van der Waals surface area contributed by atoms with Crippen LogP contribution in [0.1, 0.15) is 19.8 Å². The van der Waals surface area contributed by atoms with Gasteiger partial charge in [-0.1, -0.05) is 6.92 Å². The Morgan fingerprint density at radius 1 is 1.44 bits per heavy atom. The maximum absolute atomic E-state index is 11.7. The van der Waals surface area contributed by atoms with Gasteiger partial charge in [0.25, 0.3) is 0 Å². The van der Waals surface area contributed by atoms with E-state index in [4.69, 9.17) is 10.00 Å². The molecule has 0 aromatic carbocycles. The summed E-state index contributed by atoms with van der Waals surface area (Å²) in [5.74, 6) is -0.901. The molecule has 0 spiro atoms. The van der Waals surface area contributed by atoms with Crippen LogP contribution in [0.3, 0.4) is 0 Å². The minimum absolute atomic E-state index is 0.0172. The van der Waals surface area contributed by atoms with E-state index in [1.807, 2.05) is 6.07 Å². The highest BCUT2D eigenvalue weighted by Crippen LogP contribution is 2.01. The third kappa shape index (κ3) is 4.34. The van der Waals surface area contributed by atoms with Gasteiger partial charge in [0.1, 0.15) is 5.92 Å². The SMILES string of the molecule is CCC(C#N)C(=O)NCCC(=O)N1CCOCC1. The minimum Gasteiger partial charge on any atom is -0.378 e. The number of amides is 2. The summed E-state index contributed by atoms with van der Waals surface area (Å²) < 4.78 is 5.15. The summed E-state index contributed by atoms with van der Waals surface area (Å²) in [6, 6.07) is 1.93. The largest absolute Gasteiger partial charge is 0.378 e. The number of nitriles is 1. The van der Waals surface area contributed by atoms with Gasteiger partial charge in [0, 0.05) is 26.1 Å². The number of carbonyl (C=O) groups is 2. The van der Waals surface area contributed by atoms with E-state index in [-0.39, 0.29) is 24.8 Å². The molecular weight excluding hydrogens is 234 g/mol. The molecule has 1 rings (SSSR count). The minimum atomic E-state index is -0.622. The molecule has 100 valence electrons. The van der Waals surface area contributed by atoms with Gasteiger partial charge in [-0.25, -0.2) is 0 Å². The zero-order chi connectivity index (χ0) is 13.4. The van der Waals surface area contributed by atoms with Crippen LogP contribution in [0.5, 0.6) is 0 Å². The number of nitrogens with one attached hydrogen (secondary N) is 1. The molecule has 1 aliphatic heterocycles. The predicted octanol–water partition coefficient (Wildman–Crippen LogP) is -0.0987. The molecule has 0 aromatic rings. The van der Waals surface area contributed by atoms with Crippen molar-refractivity contribution in [1.82, 2.24) is 10.2 Å². The van der Waals surface area contributed by atoms with Crippen LogP contribution in [0.25, 0.3) is 0 Å². The van der Waals surface area contributed by atoms with E-state index in [2.05, 4.69) is 5.32 Å². The summed E-state index contributed by atoms with van der Waals surface area (Å²) >= 11 is 0. The number of ether oxygens (including phenoxy) is 1. The van der Waals surface area contributed by atoms with Crippen molar-refractivity contribution in [2.45, 2.75) is 19.8 Å². The van der Waals surface area contributed by atoms with Gasteiger partial charge in [0.15, 0.2) is 0 Å². The lowest BCUT2D eigenvalue weighted by molar-refractivity contribution is -0.135. The Bertz CT molecular complexity index is 332. The van der Waals surface area contributed by atoms with Crippen molar-refractivity contribution < 1.29 is 14.3 Å². The van der Waals surface area contributed by atoms with Crippen LogP contribution in [-0.4, -0.2) is 49.6 Å². The van der Waals surface area contributed by atoms with E-state index < -0.39 is 5.92 Å². The third-order valence-corrected chi connectivity index (χ3v) is 2.88. The highest BCUT2D eigenvalue weighted by atomic mass is 16.5. The Labute approximate surface area is 107 Å². The first-order chi connectivity index (χ1) is 8.69. The lowest BCUT2D eigenvalue weighted by Gasteiger charge is -2.26.